The highest BCUT2D eigenvalue weighted by Gasteiger charge is 2.37. The van der Waals surface area contributed by atoms with Gasteiger partial charge in [-0.3, -0.25) is 9.59 Å². The fraction of sp³-hybridized carbons (Fsp3) is 0.269. The lowest BCUT2D eigenvalue weighted by Crippen LogP contribution is -2.44. The van der Waals surface area contributed by atoms with Crippen LogP contribution in [-0.2, 0) is 31.7 Å². The van der Waals surface area contributed by atoms with E-state index >= 15 is 0 Å². The zero-order valence-corrected chi connectivity index (χ0v) is 35.5. The molecule has 1 amide bonds. The standard InChI is InChI=1S/C52H52BFN2O5/c1-34(2)49-48(51(58)55-43-18-10-7-11-19-43)47(36-14-8-6-9-15-36)50(37-22-24-42(54)25-23-37)56(49)27-26-44-31-45(32-46(57)59-52(3,4)5)61-53(60-44)33-35-20-21-40-29-38-16-12-13-17-39(38)30-41(40)28-35/h6-25,28-30,34,44-45H,26-27,31-33H2,1-5H3,(H,55,58)/t44-,45-/m1/s1. The Morgan fingerprint density at radius 3 is 2.07 bits per heavy atom. The average Bonchev–Trinajstić information content (AvgIpc) is 3.58. The van der Waals surface area contributed by atoms with Crippen LogP contribution in [0.3, 0.4) is 0 Å². The van der Waals surface area contributed by atoms with Crippen molar-refractivity contribution in [3.63, 3.8) is 0 Å². The maximum absolute atomic E-state index is 14.6. The van der Waals surface area contributed by atoms with Crippen LogP contribution in [-0.4, -0.2) is 41.4 Å². The number of para-hydroxylation sites is 1. The summed E-state index contributed by atoms with van der Waals surface area (Å²) in [7, 11) is -0.609. The first-order chi connectivity index (χ1) is 29.4. The highest BCUT2D eigenvalue weighted by molar-refractivity contribution is 6.44. The number of rotatable bonds is 12. The van der Waals surface area contributed by atoms with Gasteiger partial charge in [0.1, 0.15) is 11.4 Å². The lowest BCUT2D eigenvalue weighted by Gasteiger charge is -2.35. The van der Waals surface area contributed by atoms with Crippen LogP contribution in [0.2, 0.25) is 0 Å². The first-order valence-electron chi connectivity index (χ1n) is 21.3. The monoisotopic (exact) mass is 814 g/mol. The van der Waals surface area contributed by atoms with Gasteiger partial charge in [-0.1, -0.05) is 105 Å². The number of amides is 1. The smallest absolute Gasteiger partial charge is 0.460 e. The first kappa shape index (κ1) is 41.7. The van der Waals surface area contributed by atoms with E-state index in [9.17, 15) is 14.0 Å². The van der Waals surface area contributed by atoms with Gasteiger partial charge in [0.2, 0.25) is 0 Å². The number of esters is 1. The van der Waals surface area contributed by atoms with Crippen molar-refractivity contribution in [1.82, 2.24) is 4.57 Å². The SMILES string of the molecule is CC(C)c1c(C(=O)Nc2ccccc2)c(-c2ccccc2)c(-c2ccc(F)cc2)n1CC[C@@H]1C[C@H](CC(=O)OC(C)(C)C)OB(Cc2ccc3cc4ccccc4cc3c2)O1. The number of nitrogens with zero attached hydrogens (tertiary/aromatic N) is 1. The molecule has 7 aromatic rings. The Bertz CT molecular complexity index is 2660. The van der Waals surface area contributed by atoms with Crippen molar-refractivity contribution in [3.8, 4) is 22.4 Å². The van der Waals surface area contributed by atoms with E-state index in [4.69, 9.17) is 14.0 Å². The summed E-state index contributed by atoms with van der Waals surface area (Å²) in [6.45, 7) is 10.3. The highest BCUT2D eigenvalue weighted by atomic mass is 19.1. The Hall–Kier alpha value is -6.03. The molecule has 1 saturated heterocycles. The van der Waals surface area contributed by atoms with Gasteiger partial charge in [0.15, 0.2) is 0 Å². The molecule has 2 heterocycles. The van der Waals surface area contributed by atoms with Crippen molar-refractivity contribution >= 4 is 46.2 Å². The molecule has 1 aliphatic rings. The molecule has 0 saturated carbocycles. The van der Waals surface area contributed by atoms with E-state index < -0.39 is 18.8 Å². The van der Waals surface area contributed by atoms with Gasteiger partial charge in [-0.2, -0.15) is 0 Å². The molecule has 6 aromatic carbocycles. The van der Waals surface area contributed by atoms with E-state index in [1.807, 2.05) is 81.4 Å². The van der Waals surface area contributed by atoms with Gasteiger partial charge in [0.05, 0.1) is 23.8 Å². The van der Waals surface area contributed by atoms with E-state index in [2.05, 4.69) is 78.3 Å². The lowest BCUT2D eigenvalue weighted by molar-refractivity contribution is -0.157. The minimum atomic E-state index is -0.629. The normalized spacial score (nSPS) is 15.7. The minimum absolute atomic E-state index is 0.0681. The highest BCUT2D eigenvalue weighted by Crippen LogP contribution is 2.43. The minimum Gasteiger partial charge on any atom is -0.460 e. The molecule has 7 nitrogen and oxygen atoms in total. The Morgan fingerprint density at radius 2 is 1.39 bits per heavy atom. The summed E-state index contributed by atoms with van der Waals surface area (Å²) in [4.78, 5) is 27.9. The molecule has 2 atom stereocenters. The van der Waals surface area contributed by atoms with E-state index in [0.29, 0.717) is 37.0 Å². The molecule has 9 heteroatoms. The number of carbonyl (C=O) groups excluding carboxylic acids is 2. The predicted octanol–water partition coefficient (Wildman–Crippen LogP) is 12.2. The van der Waals surface area contributed by atoms with Crippen molar-refractivity contribution in [3.05, 3.63) is 162 Å². The zero-order chi connectivity index (χ0) is 42.7. The first-order valence-corrected chi connectivity index (χ1v) is 21.3. The number of ether oxygens (including phenoxy) is 1. The topological polar surface area (TPSA) is 78.8 Å². The Morgan fingerprint density at radius 1 is 0.770 bits per heavy atom. The van der Waals surface area contributed by atoms with Crippen LogP contribution >= 0.6 is 0 Å². The maximum Gasteiger partial charge on any atom is 0.461 e. The van der Waals surface area contributed by atoms with E-state index in [-0.39, 0.29) is 36.1 Å². The second kappa shape index (κ2) is 17.9. The number of anilines is 1. The molecule has 1 N–H and O–H groups in total. The third kappa shape index (κ3) is 9.80. The van der Waals surface area contributed by atoms with E-state index in [1.54, 1.807) is 12.1 Å². The summed E-state index contributed by atoms with van der Waals surface area (Å²) in [5.74, 6) is -0.950. The third-order valence-corrected chi connectivity index (χ3v) is 11.2. The van der Waals surface area contributed by atoms with Crippen molar-refractivity contribution in [2.24, 2.45) is 0 Å². The van der Waals surface area contributed by atoms with Gasteiger partial charge in [0, 0.05) is 35.9 Å². The third-order valence-electron chi connectivity index (χ3n) is 11.2. The van der Waals surface area contributed by atoms with E-state index in [0.717, 1.165) is 44.4 Å². The summed E-state index contributed by atoms with van der Waals surface area (Å²) in [5.41, 5.74) is 5.84. The summed E-state index contributed by atoms with van der Waals surface area (Å²) in [5, 5.41) is 7.83. The van der Waals surface area contributed by atoms with Crippen LogP contribution in [0.4, 0.5) is 10.1 Å². The van der Waals surface area contributed by atoms with Gasteiger partial charge in [-0.05, 0) is 126 Å². The quantitative estimate of drug-likeness (QED) is 0.0755. The molecule has 310 valence electrons. The molecular weight excluding hydrogens is 762 g/mol. The van der Waals surface area contributed by atoms with Crippen LogP contribution in [0.5, 0.6) is 0 Å². The van der Waals surface area contributed by atoms with Gasteiger partial charge in [0.25, 0.3) is 5.91 Å². The summed E-state index contributed by atoms with van der Waals surface area (Å²) in [6.07, 6.45) is 0.914. The Balaban J connectivity index is 1.16. The number of fused-ring (bicyclic) bond motifs is 2. The average molecular weight is 815 g/mol. The van der Waals surface area contributed by atoms with Crippen LogP contribution in [0.1, 0.15) is 81.4 Å². The summed E-state index contributed by atoms with van der Waals surface area (Å²) in [6, 6.07) is 45.1. The fourth-order valence-corrected chi connectivity index (χ4v) is 8.64. The molecule has 0 aliphatic carbocycles. The predicted molar refractivity (Wildman–Crippen MR) is 244 cm³/mol. The number of carbonyl (C=O) groups is 2. The van der Waals surface area contributed by atoms with Crippen molar-refractivity contribution in [1.29, 1.82) is 0 Å². The number of halogens is 1. The van der Waals surface area contributed by atoms with Crippen LogP contribution < -0.4 is 5.32 Å². The van der Waals surface area contributed by atoms with Crippen molar-refractivity contribution in [2.45, 2.75) is 90.5 Å². The number of benzene rings is 6. The van der Waals surface area contributed by atoms with Crippen LogP contribution in [0, 0.1) is 5.82 Å². The fourth-order valence-electron chi connectivity index (χ4n) is 8.64. The van der Waals surface area contributed by atoms with Gasteiger partial charge in [-0.15, -0.1) is 0 Å². The van der Waals surface area contributed by atoms with Crippen LogP contribution in [0.25, 0.3) is 43.9 Å². The second-order valence-corrected chi connectivity index (χ2v) is 17.3. The van der Waals surface area contributed by atoms with Crippen molar-refractivity contribution in [2.75, 3.05) is 5.32 Å². The number of hydrogen-bond donors (Lipinski definition) is 1. The van der Waals surface area contributed by atoms with Crippen molar-refractivity contribution < 1.29 is 28.0 Å². The Labute approximate surface area is 358 Å². The molecule has 1 aliphatic heterocycles. The summed E-state index contributed by atoms with van der Waals surface area (Å²) < 4.78 is 35.9. The second-order valence-electron chi connectivity index (χ2n) is 17.3. The maximum atomic E-state index is 14.6. The van der Waals surface area contributed by atoms with Gasteiger partial charge >= 0.3 is 13.1 Å². The molecule has 61 heavy (non-hydrogen) atoms. The molecule has 0 bridgehead atoms. The molecular formula is C52H52BFN2O5. The summed E-state index contributed by atoms with van der Waals surface area (Å²) >= 11 is 0. The van der Waals surface area contributed by atoms with Crippen LogP contribution in [0.15, 0.2) is 140 Å². The molecule has 0 spiro atoms. The largest absolute Gasteiger partial charge is 0.461 e. The molecule has 1 aromatic heterocycles. The molecule has 0 radical (unpaired) electrons. The molecule has 8 rings (SSSR count). The lowest BCUT2D eigenvalue weighted by atomic mass is 9.77. The Kier molecular flexibility index (Phi) is 12.2. The van der Waals surface area contributed by atoms with Gasteiger partial charge in [-0.25, -0.2) is 4.39 Å². The number of nitrogens with one attached hydrogen (secondary N) is 1. The zero-order valence-electron chi connectivity index (χ0n) is 35.5. The number of aromatic nitrogens is 1. The van der Waals surface area contributed by atoms with Gasteiger partial charge < -0.3 is 23.9 Å². The van der Waals surface area contributed by atoms with E-state index in [1.165, 1.54) is 22.9 Å². The number of hydrogen-bond acceptors (Lipinski definition) is 5. The molecule has 1 fully saturated rings. The molecule has 0 unspecified atom stereocenters.